The molecule has 1 fully saturated rings. The summed E-state index contributed by atoms with van der Waals surface area (Å²) in [4.78, 5) is 2.50. The molecule has 136 valence electrons. The van der Waals surface area contributed by atoms with Gasteiger partial charge in [-0.2, -0.15) is 0 Å². The number of nitrogens with zero attached hydrogens (tertiary/aromatic N) is 2. The minimum Gasteiger partial charge on any atom is -0.492 e. The third kappa shape index (κ3) is 4.05. The van der Waals surface area contributed by atoms with Gasteiger partial charge in [0.2, 0.25) is 0 Å². The maximum absolute atomic E-state index is 6.42. The first-order valence-corrected chi connectivity index (χ1v) is 9.85. The summed E-state index contributed by atoms with van der Waals surface area (Å²) in [6, 6.07) is 18.7. The largest absolute Gasteiger partial charge is 0.492 e. The molecule has 4 heteroatoms. The van der Waals surface area contributed by atoms with Gasteiger partial charge in [-0.15, -0.1) is 0 Å². The van der Waals surface area contributed by atoms with Crippen LogP contribution < -0.4 is 4.74 Å². The van der Waals surface area contributed by atoms with Crippen molar-refractivity contribution in [2.45, 2.75) is 25.8 Å². The van der Waals surface area contributed by atoms with E-state index in [9.17, 15) is 0 Å². The van der Waals surface area contributed by atoms with Crippen LogP contribution in [0.1, 0.15) is 24.8 Å². The van der Waals surface area contributed by atoms with E-state index in [1.807, 2.05) is 12.1 Å². The van der Waals surface area contributed by atoms with Gasteiger partial charge in [-0.1, -0.05) is 48.4 Å². The Kier molecular flexibility index (Phi) is 5.47. The maximum atomic E-state index is 6.42. The first kappa shape index (κ1) is 17.4. The van der Waals surface area contributed by atoms with Crippen molar-refractivity contribution in [1.29, 1.82) is 0 Å². The molecule has 1 aromatic heterocycles. The van der Waals surface area contributed by atoms with Crippen LogP contribution in [0.25, 0.3) is 10.9 Å². The van der Waals surface area contributed by atoms with Gasteiger partial charge in [0.15, 0.2) is 0 Å². The van der Waals surface area contributed by atoms with Crippen molar-refractivity contribution in [3.05, 3.63) is 65.3 Å². The molecule has 0 N–H and O–H groups in total. The molecule has 0 atom stereocenters. The smallest absolute Gasteiger partial charge is 0.119 e. The number of piperidine rings is 1. The van der Waals surface area contributed by atoms with Crippen LogP contribution in [0.3, 0.4) is 0 Å². The molecule has 2 aromatic carbocycles. The summed E-state index contributed by atoms with van der Waals surface area (Å²) < 4.78 is 8.06. The fraction of sp³-hybridized carbons (Fsp3) is 0.364. The molecule has 26 heavy (non-hydrogen) atoms. The summed E-state index contributed by atoms with van der Waals surface area (Å²) in [6.45, 7) is 4.97. The Labute approximate surface area is 160 Å². The minimum atomic E-state index is 0.757. The van der Waals surface area contributed by atoms with Crippen LogP contribution in [-0.2, 0) is 6.54 Å². The molecule has 0 aliphatic carbocycles. The Morgan fingerprint density at radius 3 is 2.50 bits per heavy atom. The summed E-state index contributed by atoms with van der Waals surface area (Å²) >= 11 is 6.42. The number of hydrogen-bond donors (Lipinski definition) is 0. The zero-order chi connectivity index (χ0) is 17.8. The highest BCUT2D eigenvalue weighted by atomic mass is 35.5. The molecule has 2 heterocycles. The van der Waals surface area contributed by atoms with Crippen LogP contribution in [0.2, 0.25) is 5.15 Å². The molecule has 0 spiro atoms. The molecular weight excluding hydrogens is 344 g/mol. The van der Waals surface area contributed by atoms with E-state index < -0.39 is 0 Å². The molecule has 1 saturated heterocycles. The van der Waals surface area contributed by atoms with Crippen molar-refractivity contribution in [2.24, 2.45) is 0 Å². The molecule has 0 saturated carbocycles. The van der Waals surface area contributed by atoms with Gasteiger partial charge in [0.1, 0.15) is 17.5 Å². The second kappa shape index (κ2) is 8.15. The van der Waals surface area contributed by atoms with Gasteiger partial charge >= 0.3 is 0 Å². The van der Waals surface area contributed by atoms with Crippen LogP contribution in [0, 0.1) is 0 Å². The summed E-state index contributed by atoms with van der Waals surface area (Å²) in [5.41, 5.74) is 2.39. The lowest BCUT2D eigenvalue weighted by Gasteiger charge is -2.26. The van der Waals surface area contributed by atoms with Crippen molar-refractivity contribution in [3.8, 4) is 5.75 Å². The second-order valence-electron chi connectivity index (χ2n) is 7.01. The van der Waals surface area contributed by atoms with E-state index >= 15 is 0 Å². The van der Waals surface area contributed by atoms with Crippen molar-refractivity contribution >= 4 is 22.5 Å². The number of likely N-dealkylation sites (tertiary alicyclic amines) is 1. The molecular formula is C22H25ClN2O. The van der Waals surface area contributed by atoms with Crippen molar-refractivity contribution in [3.63, 3.8) is 0 Å². The zero-order valence-electron chi connectivity index (χ0n) is 15.0. The predicted molar refractivity (Wildman–Crippen MR) is 108 cm³/mol. The summed E-state index contributed by atoms with van der Waals surface area (Å²) in [5.74, 6) is 0.939. The van der Waals surface area contributed by atoms with Gasteiger partial charge < -0.3 is 9.30 Å². The average Bonchev–Trinajstić information content (AvgIpc) is 2.99. The van der Waals surface area contributed by atoms with Crippen molar-refractivity contribution in [2.75, 3.05) is 26.2 Å². The fourth-order valence-electron chi connectivity index (χ4n) is 3.69. The Morgan fingerprint density at radius 1 is 0.923 bits per heavy atom. The summed E-state index contributed by atoms with van der Waals surface area (Å²) in [5, 5.41) is 1.95. The Balaban J connectivity index is 1.36. The van der Waals surface area contributed by atoms with E-state index in [0.717, 1.165) is 30.6 Å². The highest BCUT2D eigenvalue weighted by Crippen LogP contribution is 2.25. The van der Waals surface area contributed by atoms with E-state index in [2.05, 4.69) is 51.9 Å². The molecule has 1 aliphatic heterocycles. The van der Waals surface area contributed by atoms with E-state index in [-0.39, 0.29) is 0 Å². The van der Waals surface area contributed by atoms with Crippen LogP contribution in [0.5, 0.6) is 5.75 Å². The highest BCUT2D eigenvalue weighted by molar-refractivity contribution is 6.31. The first-order chi connectivity index (χ1) is 12.8. The van der Waals surface area contributed by atoms with Crippen molar-refractivity contribution in [1.82, 2.24) is 9.47 Å². The number of halogens is 1. The van der Waals surface area contributed by atoms with Crippen molar-refractivity contribution < 1.29 is 4.74 Å². The van der Waals surface area contributed by atoms with Crippen LogP contribution >= 0.6 is 11.6 Å². The molecule has 0 unspecified atom stereocenters. The molecule has 0 amide bonds. The topological polar surface area (TPSA) is 17.4 Å². The number of rotatable bonds is 6. The lowest BCUT2D eigenvalue weighted by atomic mass is 10.1. The Hall–Kier alpha value is -1.97. The molecule has 0 bridgehead atoms. The minimum absolute atomic E-state index is 0.757. The van der Waals surface area contributed by atoms with E-state index in [1.165, 1.54) is 48.8 Å². The van der Waals surface area contributed by atoms with Gasteiger partial charge in [-0.25, -0.2) is 0 Å². The molecule has 3 nitrogen and oxygen atoms in total. The van der Waals surface area contributed by atoms with Gasteiger partial charge in [-0.3, -0.25) is 4.90 Å². The first-order valence-electron chi connectivity index (χ1n) is 9.47. The van der Waals surface area contributed by atoms with Gasteiger partial charge in [-0.05, 0) is 55.8 Å². The number of hydrogen-bond acceptors (Lipinski definition) is 2. The zero-order valence-corrected chi connectivity index (χ0v) is 15.8. The van der Waals surface area contributed by atoms with E-state index in [0.29, 0.717) is 0 Å². The summed E-state index contributed by atoms with van der Waals surface area (Å²) in [7, 11) is 0. The monoisotopic (exact) mass is 368 g/mol. The summed E-state index contributed by atoms with van der Waals surface area (Å²) in [6.07, 6.45) is 4.02. The number of benzene rings is 2. The standard InChI is InChI=1S/C22H25ClN2O/c23-22-16-19-6-2-3-7-21(19)25(22)17-18-8-10-20(11-9-18)26-15-14-24-12-4-1-5-13-24/h2-3,6-11,16H,1,4-5,12-15,17H2. The third-order valence-electron chi connectivity index (χ3n) is 5.15. The molecule has 3 aromatic rings. The fourth-order valence-corrected chi connectivity index (χ4v) is 3.96. The van der Waals surface area contributed by atoms with Crippen LogP contribution in [-0.4, -0.2) is 35.7 Å². The molecule has 1 aliphatic rings. The number of aromatic nitrogens is 1. The molecule has 4 rings (SSSR count). The van der Waals surface area contributed by atoms with Gasteiger partial charge in [0, 0.05) is 24.0 Å². The van der Waals surface area contributed by atoms with E-state index in [4.69, 9.17) is 16.3 Å². The highest BCUT2D eigenvalue weighted by Gasteiger charge is 2.10. The second-order valence-corrected chi connectivity index (χ2v) is 7.39. The quantitative estimate of drug-likeness (QED) is 0.594. The third-order valence-corrected chi connectivity index (χ3v) is 5.46. The molecule has 0 radical (unpaired) electrons. The predicted octanol–water partition coefficient (Wildman–Crippen LogP) is 5.21. The Bertz CT molecular complexity index is 850. The van der Waals surface area contributed by atoms with E-state index in [1.54, 1.807) is 0 Å². The van der Waals surface area contributed by atoms with Crippen LogP contribution in [0.4, 0.5) is 0 Å². The Morgan fingerprint density at radius 2 is 1.69 bits per heavy atom. The normalized spacial score (nSPS) is 15.4. The number of fused-ring (bicyclic) bond motifs is 1. The number of ether oxygens (including phenoxy) is 1. The lowest BCUT2D eigenvalue weighted by Crippen LogP contribution is -2.33. The lowest BCUT2D eigenvalue weighted by molar-refractivity contribution is 0.183. The SMILES string of the molecule is Clc1cc2ccccc2n1Cc1ccc(OCCN2CCCCC2)cc1. The maximum Gasteiger partial charge on any atom is 0.119 e. The number of para-hydroxylation sites is 1. The van der Waals surface area contributed by atoms with Gasteiger partial charge in [0.05, 0.1) is 0 Å². The van der Waals surface area contributed by atoms with Crippen LogP contribution in [0.15, 0.2) is 54.6 Å². The van der Waals surface area contributed by atoms with Gasteiger partial charge in [0.25, 0.3) is 0 Å². The average molecular weight is 369 g/mol.